The third-order valence-electron chi connectivity index (χ3n) is 3.20. The Kier molecular flexibility index (Phi) is 3.85. The number of amides is 1. The molecule has 0 aromatic rings. The molecule has 0 spiro atoms. The van der Waals surface area contributed by atoms with E-state index in [9.17, 15) is 9.59 Å². The van der Waals surface area contributed by atoms with E-state index in [2.05, 4.69) is 12.2 Å². The monoisotopic (exact) mass is 212 g/mol. The van der Waals surface area contributed by atoms with E-state index in [1.807, 2.05) is 0 Å². The number of hydrogen-bond donors (Lipinski definition) is 1. The maximum Gasteiger partial charge on any atom is 0.220 e. The van der Waals surface area contributed by atoms with Gasteiger partial charge in [-0.3, -0.25) is 9.59 Å². The molecule has 4 heteroatoms. The summed E-state index contributed by atoms with van der Waals surface area (Å²) in [5.74, 6) is 0.443. The van der Waals surface area contributed by atoms with Crippen molar-refractivity contribution in [3.05, 3.63) is 0 Å². The molecule has 1 amide bonds. The maximum absolute atomic E-state index is 11.6. The highest BCUT2D eigenvalue weighted by Gasteiger charge is 2.34. The van der Waals surface area contributed by atoms with Crippen molar-refractivity contribution < 1.29 is 9.59 Å². The van der Waals surface area contributed by atoms with Crippen LogP contribution >= 0.6 is 0 Å². The molecule has 1 fully saturated rings. The van der Waals surface area contributed by atoms with Gasteiger partial charge in [-0.2, -0.15) is 0 Å². The Morgan fingerprint density at radius 2 is 1.93 bits per heavy atom. The highest BCUT2D eigenvalue weighted by atomic mass is 16.2. The van der Waals surface area contributed by atoms with Gasteiger partial charge >= 0.3 is 0 Å². The third kappa shape index (κ3) is 2.56. The zero-order valence-corrected chi connectivity index (χ0v) is 9.91. The van der Waals surface area contributed by atoms with Crippen LogP contribution in [0.5, 0.6) is 0 Å². The first kappa shape index (κ1) is 12.2. The van der Waals surface area contributed by atoms with Gasteiger partial charge in [0.1, 0.15) is 0 Å². The molecule has 1 aliphatic rings. The molecule has 0 radical (unpaired) electrons. The fraction of sp³-hybridized carbons (Fsp3) is 0.818. The second-order valence-electron chi connectivity index (χ2n) is 4.42. The van der Waals surface area contributed by atoms with Crippen LogP contribution < -0.4 is 5.32 Å². The minimum Gasteiger partial charge on any atom is -0.329 e. The second kappa shape index (κ2) is 4.75. The lowest BCUT2D eigenvalue weighted by molar-refractivity contribution is -0.139. The molecule has 1 aliphatic heterocycles. The van der Waals surface area contributed by atoms with Crippen molar-refractivity contribution in [1.29, 1.82) is 0 Å². The van der Waals surface area contributed by atoms with Crippen LogP contribution in [0, 0.1) is 5.92 Å². The first-order chi connectivity index (χ1) is 6.95. The van der Waals surface area contributed by atoms with Gasteiger partial charge in [0.05, 0.1) is 6.04 Å². The van der Waals surface area contributed by atoms with Crippen LogP contribution in [0.25, 0.3) is 0 Å². The third-order valence-corrected chi connectivity index (χ3v) is 3.20. The number of nitrogens with zero attached hydrogens (tertiary/aromatic N) is 1. The predicted octanol–water partition coefficient (Wildman–Crippen LogP) is 0.420. The van der Waals surface area contributed by atoms with Gasteiger partial charge in [0, 0.05) is 19.5 Å². The van der Waals surface area contributed by atoms with Crippen molar-refractivity contribution in [2.45, 2.75) is 39.8 Å². The van der Waals surface area contributed by atoms with Crippen LogP contribution in [-0.4, -0.2) is 41.8 Å². The summed E-state index contributed by atoms with van der Waals surface area (Å²) in [7, 11) is 0. The molecule has 4 nitrogen and oxygen atoms in total. The zero-order valence-electron chi connectivity index (χ0n) is 9.91. The van der Waals surface area contributed by atoms with Gasteiger partial charge < -0.3 is 10.2 Å². The molecule has 0 bridgehead atoms. The number of carbonyl (C=O) groups is 2. The summed E-state index contributed by atoms with van der Waals surface area (Å²) in [5, 5.41) is 3.25. The molecular weight excluding hydrogens is 192 g/mol. The Balaban J connectivity index is 2.82. The quantitative estimate of drug-likeness (QED) is 0.737. The summed E-state index contributed by atoms with van der Waals surface area (Å²) in [5.41, 5.74) is 0. The summed E-state index contributed by atoms with van der Waals surface area (Å²) in [6.45, 7) is 8.68. The lowest BCUT2D eigenvalue weighted by Gasteiger charge is -2.34. The van der Waals surface area contributed by atoms with Gasteiger partial charge in [-0.25, -0.2) is 0 Å². The molecule has 1 heterocycles. The highest BCUT2D eigenvalue weighted by molar-refractivity contribution is 5.86. The van der Waals surface area contributed by atoms with Crippen molar-refractivity contribution >= 4 is 11.7 Å². The van der Waals surface area contributed by atoms with Crippen LogP contribution in [-0.2, 0) is 9.59 Å². The average molecular weight is 212 g/mol. The van der Waals surface area contributed by atoms with Crippen LogP contribution in [0.3, 0.4) is 0 Å². The SMILES string of the molecule is CC(=O)C(C)N(C(C)=O)C1CNCC1C. The van der Waals surface area contributed by atoms with Crippen LogP contribution in [0.2, 0.25) is 0 Å². The Bertz CT molecular complexity index is 265. The number of Topliss-reactive ketones (excluding diaryl/α,β-unsaturated/α-hetero) is 1. The van der Waals surface area contributed by atoms with E-state index in [1.165, 1.54) is 13.8 Å². The van der Waals surface area contributed by atoms with Crippen molar-refractivity contribution in [1.82, 2.24) is 10.2 Å². The molecule has 0 aromatic heterocycles. The van der Waals surface area contributed by atoms with Crippen LogP contribution in [0.15, 0.2) is 0 Å². The van der Waals surface area contributed by atoms with Gasteiger partial charge in [0.15, 0.2) is 5.78 Å². The van der Waals surface area contributed by atoms with Gasteiger partial charge in [-0.1, -0.05) is 6.92 Å². The summed E-state index contributed by atoms with van der Waals surface area (Å²) >= 11 is 0. The average Bonchev–Trinajstić information content (AvgIpc) is 2.52. The first-order valence-corrected chi connectivity index (χ1v) is 5.45. The minimum atomic E-state index is -0.310. The lowest BCUT2D eigenvalue weighted by Crippen LogP contribution is -2.50. The number of ketones is 1. The zero-order chi connectivity index (χ0) is 11.6. The Labute approximate surface area is 91.0 Å². The smallest absolute Gasteiger partial charge is 0.220 e. The van der Waals surface area contributed by atoms with Crippen molar-refractivity contribution in [2.24, 2.45) is 5.92 Å². The Morgan fingerprint density at radius 1 is 1.33 bits per heavy atom. The van der Waals surface area contributed by atoms with E-state index < -0.39 is 0 Å². The summed E-state index contributed by atoms with van der Waals surface area (Å²) < 4.78 is 0. The van der Waals surface area contributed by atoms with Gasteiger partial charge in [0.25, 0.3) is 0 Å². The van der Waals surface area contributed by atoms with Gasteiger partial charge in [-0.15, -0.1) is 0 Å². The molecule has 86 valence electrons. The van der Waals surface area contributed by atoms with E-state index in [-0.39, 0.29) is 23.8 Å². The summed E-state index contributed by atoms with van der Waals surface area (Å²) in [6, 6.07) is -0.156. The Morgan fingerprint density at radius 3 is 2.27 bits per heavy atom. The van der Waals surface area contributed by atoms with E-state index >= 15 is 0 Å². The van der Waals surface area contributed by atoms with Crippen molar-refractivity contribution in [3.8, 4) is 0 Å². The van der Waals surface area contributed by atoms with E-state index in [4.69, 9.17) is 0 Å². The first-order valence-electron chi connectivity index (χ1n) is 5.45. The molecule has 15 heavy (non-hydrogen) atoms. The Hall–Kier alpha value is -0.900. The molecule has 0 saturated carbocycles. The van der Waals surface area contributed by atoms with E-state index in [0.717, 1.165) is 13.1 Å². The fourth-order valence-corrected chi connectivity index (χ4v) is 2.16. The number of nitrogens with one attached hydrogen (secondary N) is 1. The molecular formula is C11H20N2O2. The van der Waals surface area contributed by atoms with Crippen molar-refractivity contribution in [2.75, 3.05) is 13.1 Å². The predicted molar refractivity (Wildman–Crippen MR) is 58.5 cm³/mol. The molecule has 1 rings (SSSR count). The summed E-state index contributed by atoms with van der Waals surface area (Å²) in [4.78, 5) is 24.6. The molecule has 3 atom stereocenters. The highest BCUT2D eigenvalue weighted by Crippen LogP contribution is 2.18. The number of carbonyl (C=O) groups excluding carboxylic acids is 2. The van der Waals surface area contributed by atoms with Gasteiger partial charge in [0.2, 0.25) is 5.91 Å². The van der Waals surface area contributed by atoms with E-state index in [0.29, 0.717) is 5.92 Å². The van der Waals surface area contributed by atoms with Gasteiger partial charge in [-0.05, 0) is 26.3 Å². The molecule has 0 aromatic carbocycles. The second-order valence-corrected chi connectivity index (χ2v) is 4.42. The van der Waals surface area contributed by atoms with E-state index in [1.54, 1.807) is 11.8 Å². The lowest BCUT2D eigenvalue weighted by atomic mass is 10.0. The number of rotatable bonds is 3. The normalized spacial score (nSPS) is 27.5. The van der Waals surface area contributed by atoms with Crippen LogP contribution in [0.4, 0.5) is 0 Å². The standard InChI is InChI=1S/C11H20N2O2/c1-7-5-12-6-11(7)13(10(4)15)8(2)9(3)14/h7-8,11-12H,5-6H2,1-4H3. The molecule has 1 N–H and O–H groups in total. The summed E-state index contributed by atoms with van der Waals surface area (Å²) in [6.07, 6.45) is 0. The fourth-order valence-electron chi connectivity index (χ4n) is 2.16. The van der Waals surface area contributed by atoms with Crippen molar-refractivity contribution in [3.63, 3.8) is 0 Å². The number of hydrogen-bond acceptors (Lipinski definition) is 3. The molecule has 0 aliphatic carbocycles. The largest absolute Gasteiger partial charge is 0.329 e. The topological polar surface area (TPSA) is 49.4 Å². The van der Waals surface area contributed by atoms with Crippen LogP contribution in [0.1, 0.15) is 27.7 Å². The maximum atomic E-state index is 11.6. The molecule has 1 saturated heterocycles. The molecule has 3 unspecified atom stereocenters. The minimum absolute atomic E-state index is 0.0155.